The third-order valence-electron chi connectivity index (χ3n) is 5.90. The molecule has 0 aliphatic carbocycles. The fourth-order valence-corrected chi connectivity index (χ4v) is 4.44. The van der Waals surface area contributed by atoms with Crippen LogP contribution in [0.1, 0.15) is 31.4 Å². The third-order valence-corrected chi connectivity index (χ3v) is 5.90. The summed E-state index contributed by atoms with van der Waals surface area (Å²) in [5, 5.41) is 1.94. The molecule has 0 N–H and O–H groups in total. The van der Waals surface area contributed by atoms with Gasteiger partial charge in [0.1, 0.15) is 6.10 Å². The number of ether oxygens (including phenoxy) is 2. The Morgan fingerprint density at radius 1 is 1.32 bits per heavy atom. The lowest BCUT2D eigenvalue weighted by molar-refractivity contribution is -0.332. The van der Waals surface area contributed by atoms with Gasteiger partial charge in [-0.15, -0.1) is 0 Å². The van der Waals surface area contributed by atoms with Gasteiger partial charge in [-0.1, -0.05) is 30.3 Å². The predicted octanol–water partition coefficient (Wildman–Crippen LogP) is 1.97. The van der Waals surface area contributed by atoms with E-state index in [4.69, 9.17) is 14.3 Å². The summed E-state index contributed by atoms with van der Waals surface area (Å²) in [7, 11) is 3.50. The van der Waals surface area contributed by atoms with Crippen molar-refractivity contribution in [3.63, 3.8) is 0 Å². The van der Waals surface area contributed by atoms with Gasteiger partial charge in [0.2, 0.25) is 0 Å². The molecule has 0 aromatic heterocycles. The summed E-state index contributed by atoms with van der Waals surface area (Å²) in [5.74, 6) is -1.53. The Bertz CT molecular complexity index is 640. The summed E-state index contributed by atoms with van der Waals surface area (Å²) in [6.45, 7) is 3.29. The molecular formula is C19H26N2O4. The molecule has 1 spiro atoms. The van der Waals surface area contributed by atoms with Crippen molar-refractivity contribution >= 4 is 5.91 Å². The maximum absolute atomic E-state index is 13.2. The zero-order valence-corrected chi connectivity index (χ0v) is 15.1. The molecule has 4 rings (SSSR count). The van der Waals surface area contributed by atoms with Crippen LogP contribution in [0.25, 0.3) is 0 Å². The van der Waals surface area contributed by atoms with E-state index in [-0.39, 0.29) is 30.0 Å². The highest BCUT2D eigenvalue weighted by molar-refractivity contribution is 5.85. The van der Waals surface area contributed by atoms with E-state index in [1.54, 1.807) is 12.0 Å². The zero-order chi connectivity index (χ0) is 17.6. The topological polar surface area (TPSA) is 51.2 Å². The van der Waals surface area contributed by atoms with Crippen LogP contribution in [0, 0.1) is 5.92 Å². The van der Waals surface area contributed by atoms with Crippen molar-refractivity contribution in [1.29, 1.82) is 0 Å². The quantitative estimate of drug-likeness (QED) is 0.838. The minimum absolute atomic E-state index is 0.0669. The van der Waals surface area contributed by atoms with Crippen LogP contribution in [0.3, 0.4) is 0 Å². The van der Waals surface area contributed by atoms with Gasteiger partial charge < -0.3 is 14.4 Å². The van der Waals surface area contributed by atoms with Crippen LogP contribution in [0.5, 0.6) is 0 Å². The van der Waals surface area contributed by atoms with Crippen molar-refractivity contribution in [2.24, 2.45) is 5.92 Å². The molecule has 5 atom stereocenters. The number of carbonyl (C=O) groups is 1. The van der Waals surface area contributed by atoms with E-state index < -0.39 is 5.79 Å². The number of morpholine rings is 1. The Morgan fingerprint density at radius 3 is 2.80 bits per heavy atom. The summed E-state index contributed by atoms with van der Waals surface area (Å²) in [5.41, 5.74) is 1.06. The average Bonchev–Trinajstić information content (AvgIpc) is 3.19. The molecule has 6 heteroatoms. The molecule has 3 fully saturated rings. The maximum Gasteiger partial charge on any atom is 0.285 e. The zero-order valence-electron chi connectivity index (χ0n) is 15.1. The van der Waals surface area contributed by atoms with Gasteiger partial charge in [-0.25, -0.2) is 0 Å². The second-order valence-electron chi connectivity index (χ2n) is 7.28. The second-order valence-corrected chi connectivity index (χ2v) is 7.28. The van der Waals surface area contributed by atoms with Gasteiger partial charge in [-0.05, 0) is 25.3 Å². The molecule has 6 nitrogen and oxygen atoms in total. The second kappa shape index (κ2) is 6.36. The molecule has 25 heavy (non-hydrogen) atoms. The van der Waals surface area contributed by atoms with Crippen LogP contribution in [0.2, 0.25) is 0 Å². The number of rotatable bonds is 3. The average molecular weight is 346 g/mol. The molecule has 0 saturated carbocycles. The van der Waals surface area contributed by atoms with E-state index in [1.807, 2.05) is 49.4 Å². The fourth-order valence-electron chi connectivity index (χ4n) is 4.44. The van der Waals surface area contributed by atoms with Crippen LogP contribution in [-0.4, -0.2) is 61.1 Å². The fraction of sp³-hybridized carbons (Fsp3) is 0.632. The van der Waals surface area contributed by atoms with Gasteiger partial charge in [0.05, 0.1) is 18.6 Å². The number of hydroxylamine groups is 2. The van der Waals surface area contributed by atoms with E-state index in [2.05, 4.69) is 0 Å². The van der Waals surface area contributed by atoms with Gasteiger partial charge in [-0.3, -0.25) is 9.63 Å². The lowest BCUT2D eigenvalue weighted by Crippen LogP contribution is -2.63. The number of carbonyl (C=O) groups excluding carboxylic acids is 1. The van der Waals surface area contributed by atoms with Crippen LogP contribution in [0.4, 0.5) is 0 Å². The predicted molar refractivity (Wildman–Crippen MR) is 91.4 cm³/mol. The first-order chi connectivity index (χ1) is 12.1. The van der Waals surface area contributed by atoms with Gasteiger partial charge >= 0.3 is 0 Å². The normalized spacial score (nSPS) is 38.5. The van der Waals surface area contributed by atoms with Gasteiger partial charge in [-0.2, -0.15) is 5.06 Å². The van der Waals surface area contributed by atoms with E-state index in [9.17, 15) is 4.79 Å². The number of hydrogen-bond acceptors (Lipinski definition) is 5. The summed E-state index contributed by atoms with van der Waals surface area (Å²) in [6, 6.07) is 10.2. The molecular weight excluding hydrogens is 320 g/mol. The van der Waals surface area contributed by atoms with Crippen molar-refractivity contribution in [3.05, 3.63) is 35.9 Å². The highest BCUT2D eigenvalue weighted by atomic mass is 16.8. The van der Waals surface area contributed by atoms with Crippen molar-refractivity contribution in [2.45, 2.75) is 43.7 Å². The van der Waals surface area contributed by atoms with Crippen molar-refractivity contribution in [2.75, 3.05) is 27.3 Å². The number of nitrogens with zero attached hydrogens (tertiary/aromatic N) is 2. The monoisotopic (exact) mass is 346 g/mol. The summed E-state index contributed by atoms with van der Waals surface area (Å²) in [6.07, 6.45) is 1.84. The number of fused-ring (bicyclic) bond motifs is 1. The van der Waals surface area contributed by atoms with E-state index in [1.165, 1.54) is 0 Å². The molecule has 3 saturated heterocycles. The summed E-state index contributed by atoms with van der Waals surface area (Å²) in [4.78, 5) is 21.2. The highest BCUT2D eigenvalue weighted by Gasteiger charge is 2.65. The molecule has 3 aliphatic heterocycles. The van der Waals surface area contributed by atoms with Gasteiger partial charge in [0, 0.05) is 26.7 Å². The SMILES string of the molecule is COC[C@@H]1[C@H]2CCCN2O[C@@]12O[C@H](c1ccccc1)[C@H](C)N(C)C2=O. The minimum atomic E-state index is -1.29. The number of benzene rings is 1. The Labute approximate surface area is 148 Å². The molecule has 0 bridgehead atoms. The Balaban J connectivity index is 1.73. The van der Waals surface area contributed by atoms with Crippen molar-refractivity contribution in [3.8, 4) is 0 Å². The molecule has 136 valence electrons. The third kappa shape index (κ3) is 2.51. The smallest absolute Gasteiger partial charge is 0.285 e. The van der Waals surface area contributed by atoms with Crippen LogP contribution >= 0.6 is 0 Å². The van der Waals surface area contributed by atoms with Gasteiger partial charge in [0.25, 0.3) is 11.7 Å². The minimum Gasteiger partial charge on any atom is -0.384 e. The summed E-state index contributed by atoms with van der Waals surface area (Å²) >= 11 is 0. The maximum atomic E-state index is 13.2. The Hall–Kier alpha value is -1.47. The van der Waals surface area contributed by atoms with Crippen molar-refractivity contribution in [1.82, 2.24) is 9.96 Å². The number of likely N-dealkylation sites (N-methyl/N-ethyl adjacent to an activating group) is 1. The summed E-state index contributed by atoms with van der Waals surface area (Å²) < 4.78 is 11.9. The first-order valence-corrected chi connectivity index (χ1v) is 9.03. The largest absolute Gasteiger partial charge is 0.384 e. The molecule has 3 heterocycles. The first kappa shape index (κ1) is 17.0. The lowest BCUT2D eigenvalue weighted by atomic mass is 9.87. The lowest BCUT2D eigenvalue weighted by Gasteiger charge is -2.47. The molecule has 1 amide bonds. The number of methoxy groups -OCH3 is 1. The van der Waals surface area contributed by atoms with Crippen LogP contribution in [-0.2, 0) is 19.1 Å². The molecule has 1 aromatic carbocycles. The van der Waals surface area contributed by atoms with Crippen molar-refractivity contribution < 1.29 is 19.1 Å². The van der Waals surface area contributed by atoms with E-state index in [0.29, 0.717) is 6.61 Å². The highest BCUT2D eigenvalue weighted by Crippen LogP contribution is 2.49. The van der Waals surface area contributed by atoms with Gasteiger partial charge in [0.15, 0.2) is 0 Å². The first-order valence-electron chi connectivity index (χ1n) is 9.03. The molecule has 0 unspecified atom stereocenters. The number of hydrogen-bond donors (Lipinski definition) is 0. The Kier molecular flexibility index (Phi) is 4.32. The molecule has 3 aliphatic rings. The standard InChI is InChI=1S/C19H26N2O4/c1-13-17(14-8-5-4-6-9-14)24-19(18(22)20(13)2)15(12-23-3)16-10-7-11-21(16)25-19/h4-6,8-9,13,15-17H,7,10-12H2,1-3H3/t13-,15+,16+,17-,19-/m0/s1. The van der Waals surface area contributed by atoms with E-state index in [0.717, 1.165) is 24.9 Å². The van der Waals surface area contributed by atoms with Crippen LogP contribution < -0.4 is 0 Å². The molecule has 0 radical (unpaired) electrons. The van der Waals surface area contributed by atoms with Crippen LogP contribution in [0.15, 0.2) is 30.3 Å². The van der Waals surface area contributed by atoms with E-state index >= 15 is 0 Å². The number of amides is 1. The Morgan fingerprint density at radius 2 is 2.08 bits per heavy atom. The molecule has 1 aromatic rings.